The molecule has 8 nitrogen and oxygen atoms in total. The first-order valence-corrected chi connectivity index (χ1v) is 8.98. The van der Waals surface area contributed by atoms with Gasteiger partial charge in [-0.25, -0.2) is 4.98 Å². The summed E-state index contributed by atoms with van der Waals surface area (Å²) in [5, 5.41) is 2.90. The molecular formula is C14H25IN6O2S. The molecule has 136 valence electrons. The van der Waals surface area contributed by atoms with Crippen molar-refractivity contribution in [2.75, 3.05) is 32.5 Å². The van der Waals surface area contributed by atoms with Crippen molar-refractivity contribution < 1.29 is 8.42 Å². The molecule has 0 bridgehead atoms. The monoisotopic (exact) mass is 468 g/mol. The third-order valence-corrected chi connectivity index (χ3v) is 5.72. The predicted molar refractivity (Wildman–Crippen MR) is 107 cm³/mol. The van der Waals surface area contributed by atoms with Crippen molar-refractivity contribution >= 4 is 46.0 Å². The summed E-state index contributed by atoms with van der Waals surface area (Å²) in [7, 11) is -0.346. The zero-order valence-corrected chi connectivity index (χ0v) is 17.1. The number of hydrogen-bond donors (Lipinski definition) is 2. The average Bonchev–Trinajstić information content (AvgIpc) is 2.54. The highest BCUT2D eigenvalue weighted by Crippen LogP contribution is 2.21. The molecule has 3 N–H and O–H groups in total. The highest BCUT2D eigenvalue weighted by atomic mass is 127. The number of nitrogens with one attached hydrogen (secondary N) is 1. The third-order valence-electron chi connectivity index (χ3n) is 3.72. The van der Waals surface area contributed by atoms with Gasteiger partial charge in [0.25, 0.3) is 10.2 Å². The number of nitrogens with two attached hydrogens (primary N) is 1. The van der Waals surface area contributed by atoms with E-state index in [9.17, 15) is 8.42 Å². The number of piperidine rings is 1. The number of anilines is 1. The summed E-state index contributed by atoms with van der Waals surface area (Å²) < 4.78 is 27.5. The van der Waals surface area contributed by atoms with Crippen LogP contribution < -0.4 is 11.1 Å². The molecule has 1 fully saturated rings. The molecule has 0 amide bonds. The Balaban J connectivity index is 0.00000288. The largest absolute Gasteiger partial charge is 0.370 e. The van der Waals surface area contributed by atoms with Gasteiger partial charge in [0.15, 0.2) is 5.96 Å². The molecule has 0 spiro atoms. The number of aliphatic imine (C=N–C) groups is 1. The summed E-state index contributed by atoms with van der Waals surface area (Å²) in [6.07, 6.45) is 4.30. The van der Waals surface area contributed by atoms with E-state index in [1.54, 1.807) is 26.4 Å². The summed E-state index contributed by atoms with van der Waals surface area (Å²) in [6.45, 7) is 0.854. The van der Waals surface area contributed by atoms with Crippen molar-refractivity contribution in [3.63, 3.8) is 0 Å². The number of pyridine rings is 1. The summed E-state index contributed by atoms with van der Waals surface area (Å²) in [6, 6.07) is 5.27. The maximum absolute atomic E-state index is 12.4. The molecule has 0 saturated carbocycles. The minimum atomic E-state index is -3.43. The van der Waals surface area contributed by atoms with Crippen molar-refractivity contribution in [1.82, 2.24) is 13.6 Å². The molecule has 0 aromatic carbocycles. The van der Waals surface area contributed by atoms with E-state index < -0.39 is 10.2 Å². The molecule has 1 unspecified atom stereocenters. The zero-order valence-electron chi connectivity index (χ0n) is 13.9. The van der Waals surface area contributed by atoms with E-state index in [1.165, 1.54) is 8.61 Å². The second-order valence-electron chi connectivity index (χ2n) is 5.62. The van der Waals surface area contributed by atoms with E-state index in [0.717, 1.165) is 19.3 Å². The lowest BCUT2D eigenvalue weighted by Crippen LogP contribution is -2.50. The standard InChI is InChI=1S/C14H24N6O2S.HI/c1-19(2)23(21,22)20-10-6-4-7-12(20)11-17-14(15)18-13-8-3-5-9-16-13;/h3,5,8-9,12H,4,6-7,10-11H2,1-2H3,(H3,15,16,17,18);1H. The Hall–Kier alpha value is -0.980. The summed E-state index contributed by atoms with van der Waals surface area (Å²) in [4.78, 5) is 8.39. The highest BCUT2D eigenvalue weighted by Gasteiger charge is 2.33. The van der Waals surface area contributed by atoms with Crippen LogP contribution in [0.25, 0.3) is 0 Å². The van der Waals surface area contributed by atoms with E-state index in [-0.39, 0.29) is 36.0 Å². The smallest absolute Gasteiger partial charge is 0.281 e. The Morgan fingerprint density at radius 2 is 2.21 bits per heavy atom. The second-order valence-corrected chi connectivity index (χ2v) is 7.71. The van der Waals surface area contributed by atoms with Crippen LogP contribution in [0.3, 0.4) is 0 Å². The molecular weight excluding hydrogens is 443 g/mol. The van der Waals surface area contributed by atoms with Gasteiger partial charge < -0.3 is 11.1 Å². The van der Waals surface area contributed by atoms with E-state index in [1.807, 2.05) is 12.1 Å². The third kappa shape index (κ3) is 5.53. The lowest BCUT2D eigenvalue weighted by atomic mass is 10.1. The Labute approximate surface area is 160 Å². The molecule has 2 rings (SSSR count). The van der Waals surface area contributed by atoms with Gasteiger partial charge in [0.2, 0.25) is 0 Å². The van der Waals surface area contributed by atoms with Crippen molar-refractivity contribution in [2.24, 2.45) is 10.7 Å². The lowest BCUT2D eigenvalue weighted by Gasteiger charge is -2.35. The second kappa shape index (κ2) is 9.49. The highest BCUT2D eigenvalue weighted by molar-refractivity contribution is 14.0. The molecule has 1 aliphatic rings. The van der Waals surface area contributed by atoms with E-state index >= 15 is 0 Å². The minimum absolute atomic E-state index is 0. The van der Waals surface area contributed by atoms with Crippen LogP contribution in [0.1, 0.15) is 19.3 Å². The van der Waals surface area contributed by atoms with Crippen molar-refractivity contribution in [3.05, 3.63) is 24.4 Å². The van der Waals surface area contributed by atoms with Crippen LogP contribution in [0.4, 0.5) is 5.82 Å². The Kier molecular flexibility index (Phi) is 8.33. The average molecular weight is 468 g/mol. The number of aromatic nitrogens is 1. The maximum Gasteiger partial charge on any atom is 0.281 e. The van der Waals surface area contributed by atoms with Gasteiger partial charge in [0, 0.05) is 32.9 Å². The Morgan fingerprint density at radius 3 is 2.83 bits per heavy atom. The minimum Gasteiger partial charge on any atom is -0.370 e. The van der Waals surface area contributed by atoms with Gasteiger partial charge in [-0.3, -0.25) is 4.99 Å². The fraction of sp³-hybridized carbons (Fsp3) is 0.571. The van der Waals surface area contributed by atoms with Crippen LogP contribution in [-0.2, 0) is 10.2 Å². The Morgan fingerprint density at radius 1 is 1.46 bits per heavy atom. The topological polar surface area (TPSA) is 104 Å². The molecule has 1 aliphatic heterocycles. The SMILES string of the molecule is CN(C)S(=O)(=O)N1CCCCC1CN=C(N)Nc1ccccn1.I. The predicted octanol–water partition coefficient (Wildman–Crippen LogP) is 1.09. The molecule has 1 aromatic rings. The normalized spacial score (nSPS) is 19.8. The van der Waals surface area contributed by atoms with E-state index in [4.69, 9.17) is 5.73 Å². The Bertz CT molecular complexity index is 638. The molecule has 0 aliphatic carbocycles. The van der Waals surface area contributed by atoms with Crippen LogP contribution in [0.2, 0.25) is 0 Å². The van der Waals surface area contributed by atoms with Crippen molar-refractivity contribution in [1.29, 1.82) is 0 Å². The van der Waals surface area contributed by atoms with Gasteiger partial charge in [0.05, 0.1) is 6.54 Å². The van der Waals surface area contributed by atoms with E-state index in [0.29, 0.717) is 18.9 Å². The molecule has 2 heterocycles. The fourth-order valence-corrected chi connectivity index (χ4v) is 3.81. The van der Waals surface area contributed by atoms with Gasteiger partial charge in [-0.05, 0) is 25.0 Å². The zero-order chi connectivity index (χ0) is 16.9. The first-order chi connectivity index (χ1) is 10.9. The first-order valence-electron chi connectivity index (χ1n) is 7.58. The number of guanidine groups is 1. The van der Waals surface area contributed by atoms with Gasteiger partial charge in [-0.15, -0.1) is 24.0 Å². The van der Waals surface area contributed by atoms with Crippen LogP contribution in [0.15, 0.2) is 29.4 Å². The van der Waals surface area contributed by atoms with Crippen LogP contribution >= 0.6 is 24.0 Å². The van der Waals surface area contributed by atoms with Crippen LogP contribution in [0, 0.1) is 0 Å². The van der Waals surface area contributed by atoms with Crippen LogP contribution in [0.5, 0.6) is 0 Å². The first kappa shape index (κ1) is 21.1. The molecule has 0 radical (unpaired) electrons. The van der Waals surface area contributed by atoms with Gasteiger partial charge in [-0.2, -0.15) is 17.0 Å². The van der Waals surface area contributed by atoms with Gasteiger partial charge >= 0.3 is 0 Å². The number of nitrogens with zero attached hydrogens (tertiary/aromatic N) is 4. The van der Waals surface area contributed by atoms with Crippen molar-refractivity contribution in [2.45, 2.75) is 25.3 Å². The maximum atomic E-state index is 12.4. The molecule has 10 heteroatoms. The summed E-state index contributed by atoms with van der Waals surface area (Å²) >= 11 is 0. The van der Waals surface area contributed by atoms with Crippen LogP contribution in [-0.4, -0.2) is 61.2 Å². The number of halogens is 1. The van der Waals surface area contributed by atoms with Gasteiger partial charge in [0.1, 0.15) is 5.82 Å². The fourth-order valence-electron chi connectivity index (χ4n) is 2.48. The molecule has 24 heavy (non-hydrogen) atoms. The molecule has 1 saturated heterocycles. The quantitative estimate of drug-likeness (QED) is 0.383. The number of hydrogen-bond acceptors (Lipinski definition) is 4. The molecule has 1 aromatic heterocycles. The van der Waals surface area contributed by atoms with Gasteiger partial charge in [-0.1, -0.05) is 12.5 Å². The molecule has 1 atom stereocenters. The summed E-state index contributed by atoms with van der Waals surface area (Å²) in [5.74, 6) is 0.839. The summed E-state index contributed by atoms with van der Waals surface area (Å²) in [5.41, 5.74) is 5.86. The lowest BCUT2D eigenvalue weighted by molar-refractivity contribution is 0.245. The van der Waals surface area contributed by atoms with Crippen molar-refractivity contribution in [3.8, 4) is 0 Å². The van der Waals surface area contributed by atoms with E-state index in [2.05, 4.69) is 15.3 Å². The number of rotatable bonds is 5.